The number of nitrogens with one attached hydrogen (secondary N) is 1. The highest BCUT2D eigenvalue weighted by Gasteiger charge is 2.15. The van der Waals surface area contributed by atoms with Crippen LogP contribution in [-0.2, 0) is 6.54 Å². The van der Waals surface area contributed by atoms with Crippen molar-refractivity contribution in [3.8, 4) is 0 Å². The van der Waals surface area contributed by atoms with Gasteiger partial charge in [-0.25, -0.2) is 0 Å². The molecule has 0 aliphatic carbocycles. The molecule has 3 nitrogen and oxygen atoms in total. The lowest BCUT2D eigenvalue weighted by atomic mass is 10.1. The van der Waals surface area contributed by atoms with Crippen molar-refractivity contribution in [3.63, 3.8) is 0 Å². The third-order valence-corrected chi connectivity index (χ3v) is 4.53. The van der Waals surface area contributed by atoms with Crippen LogP contribution in [0, 0.1) is 13.8 Å². The first-order valence-corrected chi connectivity index (χ1v) is 8.83. The molecular weight excluding hydrogens is 258 g/mol. The van der Waals surface area contributed by atoms with Gasteiger partial charge in [-0.05, 0) is 34.2 Å². The number of hydrogen-bond donors (Lipinski definition) is 1. The predicted octanol–water partition coefficient (Wildman–Crippen LogP) is 4.92. The molecule has 1 unspecified atom stereocenters. The molecule has 0 aliphatic rings. The molecule has 0 aromatic carbocycles. The summed E-state index contributed by atoms with van der Waals surface area (Å²) in [4.78, 5) is 0. The van der Waals surface area contributed by atoms with Gasteiger partial charge in [0.1, 0.15) is 0 Å². The maximum Gasteiger partial charge on any atom is 0.0644 e. The highest BCUT2D eigenvalue weighted by Crippen LogP contribution is 2.21. The van der Waals surface area contributed by atoms with Crippen LogP contribution in [0.2, 0.25) is 0 Å². The summed E-state index contributed by atoms with van der Waals surface area (Å²) in [5, 5.41) is 8.04. The maximum atomic E-state index is 4.71. The summed E-state index contributed by atoms with van der Waals surface area (Å²) in [6.07, 6.45) is 10.9. The first kappa shape index (κ1) is 18.2. The minimum Gasteiger partial charge on any atom is -0.313 e. The van der Waals surface area contributed by atoms with Gasteiger partial charge in [0.15, 0.2) is 0 Å². The monoisotopic (exact) mass is 293 g/mol. The SMILES string of the molecule is CCCCCCCCCCn1nc(C)c(C(C)NC)c1C. The van der Waals surface area contributed by atoms with Crippen LogP contribution < -0.4 is 5.32 Å². The fourth-order valence-electron chi connectivity index (χ4n) is 3.09. The molecule has 0 aliphatic heterocycles. The number of aromatic nitrogens is 2. The van der Waals surface area contributed by atoms with E-state index in [1.165, 1.54) is 68.3 Å². The second kappa shape index (κ2) is 9.99. The Morgan fingerprint density at radius 3 is 2.14 bits per heavy atom. The van der Waals surface area contributed by atoms with Crippen LogP contribution >= 0.6 is 0 Å². The van der Waals surface area contributed by atoms with Gasteiger partial charge in [-0.1, -0.05) is 51.9 Å². The number of nitrogens with zero attached hydrogens (tertiary/aromatic N) is 2. The van der Waals surface area contributed by atoms with Gasteiger partial charge < -0.3 is 5.32 Å². The molecule has 0 bridgehead atoms. The minimum absolute atomic E-state index is 0.386. The van der Waals surface area contributed by atoms with E-state index in [2.05, 4.69) is 37.7 Å². The quantitative estimate of drug-likeness (QED) is 0.587. The largest absolute Gasteiger partial charge is 0.313 e. The Morgan fingerprint density at radius 1 is 1.00 bits per heavy atom. The molecule has 1 aromatic heterocycles. The Labute approximate surface area is 131 Å². The number of rotatable bonds is 11. The summed E-state index contributed by atoms with van der Waals surface area (Å²) in [5.41, 5.74) is 3.88. The molecular formula is C18H35N3. The summed E-state index contributed by atoms with van der Waals surface area (Å²) in [6, 6.07) is 0.386. The molecule has 122 valence electrons. The molecule has 0 saturated heterocycles. The van der Waals surface area contributed by atoms with Crippen LogP contribution in [-0.4, -0.2) is 16.8 Å². The van der Waals surface area contributed by atoms with E-state index in [0.29, 0.717) is 6.04 Å². The standard InChI is InChI=1S/C18H35N3/c1-6-7-8-9-10-11-12-13-14-21-17(4)18(15(2)19-5)16(3)20-21/h15,19H,6-14H2,1-5H3. The topological polar surface area (TPSA) is 29.9 Å². The lowest BCUT2D eigenvalue weighted by Gasteiger charge is -2.11. The van der Waals surface area contributed by atoms with Crippen molar-refractivity contribution < 1.29 is 0 Å². The molecule has 0 radical (unpaired) electrons. The van der Waals surface area contributed by atoms with E-state index < -0.39 is 0 Å². The van der Waals surface area contributed by atoms with Gasteiger partial charge >= 0.3 is 0 Å². The number of aryl methyl sites for hydroxylation is 2. The summed E-state index contributed by atoms with van der Waals surface area (Å²) >= 11 is 0. The van der Waals surface area contributed by atoms with Gasteiger partial charge in [-0.3, -0.25) is 4.68 Å². The third-order valence-electron chi connectivity index (χ3n) is 4.53. The van der Waals surface area contributed by atoms with Gasteiger partial charge in [-0.15, -0.1) is 0 Å². The van der Waals surface area contributed by atoms with Crippen LogP contribution in [0.15, 0.2) is 0 Å². The molecule has 3 heteroatoms. The van der Waals surface area contributed by atoms with Crippen molar-refractivity contribution in [2.75, 3.05) is 7.05 Å². The van der Waals surface area contributed by atoms with E-state index in [1.54, 1.807) is 0 Å². The zero-order chi connectivity index (χ0) is 15.7. The van der Waals surface area contributed by atoms with Crippen LogP contribution in [0.4, 0.5) is 0 Å². The first-order valence-electron chi connectivity index (χ1n) is 8.83. The Morgan fingerprint density at radius 2 is 1.57 bits per heavy atom. The zero-order valence-corrected chi connectivity index (χ0v) is 14.8. The molecule has 1 N–H and O–H groups in total. The molecule has 1 heterocycles. The Balaban J connectivity index is 2.30. The second-order valence-electron chi connectivity index (χ2n) is 6.29. The fraction of sp³-hybridized carbons (Fsp3) is 0.833. The summed E-state index contributed by atoms with van der Waals surface area (Å²) in [6.45, 7) is 9.88. The number of unbranched alkanes of at least 4 members (excludes halogenated alkanes) is 7. The minimum atomic E-state index is 0.386. The highest BCUT2D eigenvalue weighted by atomic mass is 15.3. The molecule has 0 fully saturated rings. The smallest absolute Gasteiger partial charge is 0.0644 e. The van der Waals surface area contributed by atoms with Gasteiger partial charge in [0, 0.05) is 23.8 Å². The van der Waals surface area contributed by atoms with E-state index in [4.69, 9.17) is 5.10 Å². The summed E-state index contributed by atoms with van der Waals surface area (Å²) in [7, 11) is 2.01. The molecule has 21 heavy (non-hydrogen) atoms. The Kier molecular flexibility index (Phi) is 8.67. The predicted molar refractivity (Wildman–Crippen MR) is 91.8 cm³/mol. The van der Waals surface area contributed by atoms with Gasteiger partial charge in [0.05, 0.1) is 5.69 Å². The van der Waals surface area contributed by atoms with Crippen molar-refractivity contribution in [1.29, 1.82) is 0 Å². The molecule has 0 amide bonds. The molecule has 0 saturated carbocycles. The van der Waals surface area contributed by atoms with Crippen molar-refractivity contribution in [2.45, 2.75) is 91.6 Å². The number of hydrogen-bond acceptors (Lipinski definition) is 2. The van der Waals surface area contributed by atoms with Crippen LogP contribution in [0.25, 0.3) is 0 Å². The van der Waals surface area contributed by atoms with E-state index in [-0.39, 0.29) is 0 Å². The summed E-state index contributed by atoms with van der Waals surface area (Å²) < 4.78 is 2.20. The van der Waals surface area contributed by atoms with E-state index >= 15 is 0 Å². The maximum absolute atomic E-state index is 4.71. The molecule has 1 atom stereocenters. The van der Waals surface area contributed by atoms with Crippen LogP contribution in [0.5, 0.6) is 0 Å². The lowest BCUT2D eigenvalue weighted by molar-refractivity contribution is 0.511. The highest BCUT2D eigenvalue weighted by molar-refractivity contribution is 5.27. The molecule has 1 aromatic rings. The van der Waals surface area contributed by atoms with Crippen LogP contribution in [0.1, 0.15) is 88.2 Å². The van der Waals surface area contributed by atoms with E-state index in [9.17, 15) is 0 Å². The van der Waals surface area contributed by atoms with Gasteiger partial charge in [0.25, 0.3) is 0 Å². The normalized spacial score (nSPS) is 12.8. The van der Waals surface area contributed by atoms with Gasteiger partial charge in [0.2, 0.25) is 0 Å². The Bertz CT molecular complexity index is 395. The van der Waals surface area contributed by atoms with E-state index in [1.807, 2.05) is 7.05 Å². The average molecular weight is 293 g/mol. The fourth-order valence-corrected chi connectivity index (χ4v) is 3.09. The zero-order valence-electron chi connectivity index (χ0n) is 14.8. The Hall–Kier alpha value is -0.830. The second-order valence-corrected chi connectivity index (χ2v) is 6.29. The van der Waals surface area contributed by atoms with Gasteiger partial charge in [-0.2, -0.15) is 5.10 Å². The van der Waals surface area contributed by atoms with E-state index in [0.717, 1.165) is 6.54 Å². The summed E-state index contributed by atoms with van der Waals surface area (Å²) in [5.74, 6) is 0. The van der Waals surface area contributed by atoms with Crippen molar-refractivity contribution >= 4 is 0 Å². The lowest BCUT2D eigenvalue weighted by Crippen LogP contribution is -2.14. The van der Waals surface area contributed by atoms with Crippen LogP contribution in [0.3, 0.4) is 0 Å². The first-order chi connectivity index (χ1) is 10.1. The van der Waals surface area contributed by atoms with Crippen molar-refractivity contribution in [2.24, 2.45) is 0 Å². The third kappa shape index (κ3) is 5.82. The van der Waals surface area contributed by atoms with Crippen molar-refractivity contribution in [3.05, 3.63) is 17.0 Å². The van der Waals surface area contributed by atoms with Crippen molar-refractivity contribution in [1.82, 2.24) is 15.1 Å². The molecule has 1 rings (SSSR count). The molecule has 0 spiro atoms. The average Bonchev–Trinajstić information content (AvgIpc) is 2.75.